The van der Waals surface area contributed by atoms with E-state index in [-0.39, 0.29) is 37.8 Å². The number of benzene rings is 1. The minimum Gasteiger partial charge on any atom is -0.490 e. The van der Waals surface area contributed by atoms with Crippen molar-refractivity contribution < 1.29 is 19.0 Å². The Bertz CT molecular complexity index is 423. The van der Waals surface area contributed by atoms with Crippen LogP contribution in [0.4, 0.5) is 4.39 Å². The molecule has 0 fully saturated rings. The number of nitrogens with zero attached hydrogens (tertiary/aromatic N) is 1. The summed E-state index contributed by atoms with van der Waals surface area (Å²) in [6.45, 7) is 4.17. The Hall–Kier alpha value is -1.88. The molecule has 0 aliphatic carbocycles. The normalized spacial score (nSPS) is 10.0. The van der Waals surface area contributed by atoms with Gasteiger partial charge in [-0.3, -0.25) is 4.79 Å². The summed E-state index contributed by atoms with van der Waals surface area (Å²) in [4.78, 5) is 13.3. The predicted molar refractivity (Wildman–Crippen MR) is 70.4 cm³/mol. The van der Waals surface area contributed by atoms with Crippen molar-refractivity contribution in [2.24, 2.45) is 0 Å². The fraction of sp³-hybridized carbons (Fsp3) is 0.357. The highest BCUT2D eigenvalue weighted by molar-refractivity contribution is 5.76. The first-order chi connectivity index (χ1) is 9.19. The van der Waals surface area contributed by atoms with Crippen LogP contribution in [0.25, 0.3) is 0 Å². The molecule has 0 saturated heterocycles. The van der Waals surface area contributed by atoms with Gasteiger partial charge in [0.15, 0.2) is 11.6 Å². The summed E-state index contributed by atoms with van der Waals surface area (Å²) in [6, 6.07) is 6.04. The highest BCUT2D eigenvalue weighted by Gasteiger charge is 2.11. The van der Waals surface area contributed by atoms with Crippen molar-refractivity contribution in [2.45, 2.75) is 6.42 Å². The second-order valence-electron chi connectivity index (χ2n) is 3.88. The number of carbonyl (C=O) groups is 1. The number of amides is 1. The largest absolute Gasteiger partial charge is 0.490 e. The monoisotopic (exact) mass is 267 g/mol. The maximum Gasteiger partial charge on any atom is 0.226 e. The number of halogens is 1. The Balaban J connectivity index is 2.41. The number of aliphatic hydroxyl groups excluding tert-OH is 1. The van der Waals surface area contributed by atoms with E-state index < -0.39 is 5.82 Å². The lowest BCUT2D eigenvalue weighted by atomic mass is 10.3. The van der Waals surface area contributed by atoms with Gasteiger partial charge in [-0.25, -0.2) is 4.39 Å². The molecule has 0 saturated carbocycles. The van der Waals surface area contributed by atoms with Crippen LogP contribution in [0.2, 0.25) is 0 Å². The van der Waals surface area contributed by atoms with Gasteiger partial charge < -0.3 is 14.7 Å². The Morgan fingerprint density at radius 3 is 2.84 bits per heavy atom. The molecule has 19 heavy (non-hydrogen) atoms. The molecule has 1 N–H and O–H groups in total. The number of carbonyl (C=O) groups excluding carboxylic acids is 1. The molecule has 0 aliphatic rings. The second kappa shape index (κ2) is 8.26. The number of aliphatic hydroxyl groups is 1. The SMILES string of the molecule is C=CCN(CCO)C(=O)CCOc1ccccc1F. The molecule has 1 rings (SSSR count). The minimum absolute atomic E-state index is 0.0961. The quantitative estimate of drug-likeness (QED) is 0.728. The number of para-hydroxylation sites is 1. The highest BCUT2D eigenvalue weighted by atomic mass is 19.1. The molecule has 104 valence electrons. The third kappa shape index (κ3) is 5.09. The molecule has 1 aromatic carbocycles. The van der Waals surface area contributed by atoms with Gasteiger partial charge in [-0.15, -0.1) is 6.58 Å². The first-order valence-electron chi connectivity index (χ1n) is 6.06. The van der Waals surface area contributed by atoms with Gasteiger partial charge >= 0.3 is 0 Å². The Morgan fingerprint density at radius 1 is 1.47 bits per heavy atom. The summed E-state index contributed by atoms with van der Waals surface area (Å²) < 4.78 is 18.5. The molecule has 1 amide bonds. The number of hydrogen-bond acceptors (Lipinski definition) is 3. The van der Waals surface area contributed by atoms with Gasteiger partial charge in [-0.1, -0.05) is 18.2 Å². The van der Waals surface area contributed by atoms with Crippen LogP contribution in [0.15, 0.2) is 36.9 Å². The van der Waals surface area contributed by atoms with E-state index in [1.165, 1.54) is 17.0 Å². The summed E-state index contributed by atoms with van der Waals surface area (Å²) in [5.41, 5.74) is 0. The van der Waals surface area contributed by atoms with Crippen molar-refractivity contribution in [3.8, 4) is 5.75 Å². The topological polar surface area (TPSA) is 49.8 Å². The summed E-state index contributed by atoms with van der Waals surface area (Å²) in [5, 5.41) is 8.84. The summed E-state index contributed by atoms with van der Waals surface area (Å²) in [6.07, 6.45) is 1.72. The van der Waals surface area contributed by atoms with E-state index in [9.17, 15) is 9.18 Å². The molecule has 1 aromatic rings. The van der Waals surface area contributed by atoms with Gasteiger partial charge in [0.25, 0.3) is 0 Å². The smallest absolute Gasteiger partial charge is 0.226 e. The van der Waals surface area contributed by atoms with Crippen LogP contribution in [0.5, 0.6) is 5.75 Å². The van der Waals surface area contributed by atoms with Crippen LogP contribution in [-0.4, -0.2) is 42.2 Å². The van der Waals surface area contributed by atoms with Gasteiger partial charge in [0.1, 0.15) is 0 Å². The van der Waals surface area contributed by atoms with E-state index in [0.717, 1.165) is 0 Å². The first-order valence-corrected chi connectivity index (χ1v) is 6.06. The van der Waals surface area contributed by atoms with Crippen molar-refractivity contribution in [2.75, 3.05) is 26.3 Å². The average Bonchev–Trinajstić information content (AvgIpc) is 2.40. The third-order valence-corrected chi connectivity index (χ3v) is 2.48. The third-order valence-electron chi connectivity index (χ3n) is 2.48. The van der Waals surface area contributed by atoms with E-state index in [4.69, 9.17) is 9.84 Å². The lowest BCUT2D eigenvalue weighted by molar-refractivity contribution is -0.131. The molecule has 0 aromatic heterocycles. The van der Waals surface area contributed by atoms with Gasteiger partial charge in [0, 0.05) is 13.1 Å². The van der Waals surface area contributed by atoms with Crippen LogP contribution in [-0.2, 0) is 4.79 Å². The lowest BCUT2D eigenvalue weighted by Gasteiger charge is -2.19. The number of hydrogen-bond donors (Lipinski definition) is 1. The molecular formula is C14H18FNO3. The van der Waals surface area contributed by atoms with Crippen molar-refractivity contribution in [3.63, 3.8) is 0 Å². The van der Waals surface area contributed by atoms with Crippen molar-refractivity contribution in [3.05, 3.63) is 42.7 Å². The number of ether oxygens (including phenoxy) is 1. The number of rotatable bonds is 8. The molecule has 0 aliphatic heterocycles. The van der Waals surface area contributed by atoms with Crippen molar-refractivity contribution >= 4 is 5.91 Å². The van der Waals surface area contributed by atoms with E-state index in [2.05, 4.69) is 6.58 Å². The fourth-order valence-corrected chi connectivity index (χ4v) is 1.56. The minimum atomic E-state index is -0.451. The summed E-state index contributed by atoms with van der Waals surface area (Å²) >= 11 is 0. The van der Waals surface area contributed by atoms with E-state index in [1.807, 2.05) is 0 Å². The van der Waals surface area contributed by atoms with Crippen LogP contribution < -0.4 is 4.74 Å². The Labute approximate surface area is 112 Å². The maximum absolute atomic E-state index is 13.2. The van der Waals surface area contributed by atoms with Crippen LogP contribution in [0.3, 0.4) is 0 Å². The van der Waals surface area contributed by atoms with E-state index in [0.29, 0.717) is 6.54 Å². The molecule has 4 nitrogen and oxygen atoms in total. The molecule has 0 radical (unpaired) electrons. The predicted octanol–water partition coefficient (Wildman–Crippen LogP) is 1.60. The average molecular weight is 267 g/mol. The zero-order chi connectivity index (χ0) is 14.1. The van der Waals surface area contributed by atoms with Crippen molar-refractivity contribution in [1.82, 2.24) is 4.90 Å². The molecule has 0 spiro atoms. The Kier molecular flexibility index (Phi) is 6.60. The second-order valence-corrected chi connectivity index (χ2v) is 3.88. The summed E-state index contributed by atoms with van der Waals surface area (Å²) in [7, 11) is 0. The van der Waals surface area contributed by atoms with Crippen LogP contribution >= 0.6 is 0 Å². The molecule has 0 heterocycles. The van der Waals surface area contributed by atoms with E-state index >= 15 is 0 Å². The van der Waals surface area contributed by atoms with Gasteiger partial charge in [-0.05, 0) is 12.1 Å². The first kappa shape index (κ1) is 15.2. The maximum atomic E-state index is 13.2. The molecule has 0 atom stereocenters. The lowest BCUT2D eigenvalue weighted by Crippen LogP contribution is -2.34. The summed E-state index contributed by atoms with van der Waals surface area (Å²) in [5.74, 6) is -0.480. The van der Waals surface area contributed by atoms with Gasteiger partial charge in [0.05, 0.1) is 19.6 Å². The highest BCUT2D eigenvalue weighted by Crippen LogP contribution is 2.15. The standard InChI is InChI=1S/C14H18FNO3/c1-2-8-16(9-10-17)14(18)7-11-19-13-6-4-3-5-12(13)15/h2-6,17H,1,7-11H2. The zero-order valence-corrected chi connectivity index (χ0v) is 10.7. The molecule has 0 bridgehead atoms. The van der Waals surface area contributed by atoms with Crippen molar-refractivity contribution in [1.29, 1.82) is 0 Å². The Morgan fingerprint density at radius 2 is 2.21 bits per heavy atom. The molecule has 0 unspecified atom stereocenters. The van der Waals surface area contributed by atoms with Crippen LogP contribution in [0, 0.1) is 5.82 Å². The van der Waals surface area contributed by atoms with Gasteiger partial charge in [-0.2, -0.15) is 0 Å². The molecule has 5 heteroatoms. The van der Waals surface area contributed by atoms with E-state index in [1.54, 1.807) is 18.2 Å². The fourth-order valence-electron chi connectivity index (χ4n) is 1.56. The zero-order valence-electron chi connectivity index (χ0n) is 10.7. The van der Waals surface area contributed by atoms with Crippen LogP contribution in [0.1, 0.15) is 6.42 Å². The van der Waals surface area contributed by atoms with Gasteiger partial charge in [0.2, 0.25) is 5.91 Å². The molecular weight excluding hydrogens is 249 g/mol.